The molecule has 3 N–H and O–H groups in total. The van der Waals surface area contributed by atoms with Gasteiger partial charge in [0.25, 0.3) is 6.01 Å². The lowest BCUT2D eigenvalue weighted by molar-refractivity contribution is 0.590. The number of fused-ring (bicyclic) bond motifs is 2. The lowest BCUT2D eigenvalue weighted by Gasteiger charge is -2.01. The number of aromatic nitrogens is 4. The third-order valence-corrected chi connectivity index (χ3v) is 3.99. The maximum atomic E-state index is 5.82. The highest BCUT2D eigenvalue weighted by atomic mass is 16.4. The molecule has 6 heteroatoms. The molecular formula is C18H13N5O. The van der Waals surface area contributed by atoms with Gasteiger partial charge in [-0.15, -0.1) is 0 Å². The summed E-state index contributed by atoms with van der Waals surface area (Å²) in [7, 11) is 0. The average molecular weight is 315 g/mol. The van der Waals surface area contributed by atoms with E-state index in [9.17, 15) is 0 Å². The molecule has 5 aromatic rings. The van der Waals surface area contributed by atoms with Gasteiger partial charge in [0.2, 0.25) is 0 Å². The molecule has 116 valence electrons. The molecule has 3 aromatic heterocycles. The van der Waals surface area contributed by atoms with Crippen LogP contribution in [0.15, 0.2) is 65.3 Å². The van der Waals surface area contributed by atoms with E-state index in [2.05, 4.69) is 37.6 Å². The minimum atomic E-state index is 0.450. The predicted octanol–water partition coefficient (Wildman–Crippen LogP) is 4.44. The summed E-state index contributed by atoms with van der Waals surface area (Å²) in [6, 6.07) is 16.5. The van der Waals surface area contributed by atoms with Crippen LogP contribution in [0.1, 0.15) is 0 Å². The second kappa shape index (κ2) is 4.99. The third kappa shape index (κ3) is 2.13. The van der Waals surface area contributed by atoms with Crippen molar-refractivity contribution in [2.75, 3.05) is 5.32 Å². The summed E-state index contributed by atoms with van der Waals surface area (Å²) in [6.07, 6.45) is 3.50. The van der Waals surface area contributed by atoms with Gasteiger partial charge in [0.1, 0.15) is 0 Å². The second-order valence-corrected chi connectivity index (χ2v) is 5.60. The van der Waals surface area contributed by atoms with E-state index in [1.165, 1.54) is 0 Å². The Balaban J connectivity index is 1.45. The number of aromatic amines is 2. The highest BCUT2D eigenvalue weighted by Gasteiger charge is 2.10. The van der Waals surface area contributed by atoms with Gasteiger partial charge in [0.05, 0.1) is 23.6 Å². The van der Waals surface area contributed by atoms with Gasteiger partial charge in [-0.05, 0) is 30.3 Å². The van der Waals surface area contributed by atoms with Gasteiger partial charge >= 0.3 is 0 Å². The van der Waals surface area contributed by atoms with Crippen LogP contribution in [-0.2, 0) is 0 Å². The van der Waals surface area contributed by atoms with Crippen LogP contribution in [0.5, 0.6) is 0 Å². The molecule has 0 fully saturated rings. The zero-order valence-electron chi connectivity index (χ0n) is 12.6. The molecule has 0 bridgehead atoms. The molecule has 0 radical (unpaired) electrons. The normalized spacial score (nSPS) is 11.3. The predicted molar refractivity (Wildman–Crippen MR) is 93.2 cm³/mol. The molecule has 0 saturated carbocycles. The monoisotopic (exact) mass is 315 g/mol. The standard InChI is InChI=1S/C18H13N5O/c1-2-4-14-11(3-1)8-16(22-14)17-10-19-18(24-17)21-13-5-6-15-12(7-13)9-20-23-15/h1-10,22H,(H,19,21)(H,20,23). The molecule has 5 rings (SSSR count). The van der Waals surface area contributed by atoms with E-state index in [0.29, 0.717) is 11.8 Å². The Morgan fingerprint density at radius 2 is 1.88 bits per heavy atom. The second-order valence-electron chi connectivity index (χ2n) is 5.60. The fraction of sp³-hybridized carbons (Fsp3) is 0. The number of para-hydroxylation sites is 1. The van der Waals surface area contributed by atoms with Crippen LogP contribution in [0.4, 0.5) is 11.7 Å². The highest BCUT2D eigenvalue weighted by Crippen LogP contribution is 2.27. The van der Waals surface area contributed by atoms with Crippen molar-refractivity contribution in [1.82, 2.24) is 20.2 Å². The van der Waals surface area contributed by atoms with E-state index in [1.54, 1.807) is 12.4 Å². The van der Waals surface area contributed by atoms with Gasteiger partial charge in [-0.3, -0.25) is 5.10 Å². The Labute approximate surface area is 136 Å². The van der Waals surface area contributed by atoms with Crippen LogP contribution in [0.2, 0.25) is 0 Å². The Morgan fingerprint density at radius 3 is 2.83 bits per heavy atom. The van der Waals surface area contributed by atoms with Crippen molar-refractivity contribution in [3.05, 3.63) is 60.9 Å². The van der Waals surface area contributed by atoms with Gasteiger partial charge in [0.15, 0.2) is 5.76 Å². The van der Waals surface area contributed by atoms with Crippen molar-refractivity contribution < 1.29 is 4.42 Å². The quantitative estimate of drug-likeness (QED) is 0.459. The molecule has 0 unspecified atom stereocenters. The fourth-order valence-corrected chi connectivity index (χ4v) is 2.81. The number of rotatable bonds is 3. The topological polar surface area (TPSA) is 82.5 Å². The maximum Gasteiger partial charge on any atom is 0.299 e. The fourth-order valence-electron chi connectivity index (χ4n) is 2.81. The highest BCUT2D eigenvalue weighted by molar-refractivity contribution is 5.85. The maximum absolute atomic E-state index is 5.82. The molecule has 0 aliphatic heterocycles. The molecule has 2 aromatic carbocycles. The van der Waals surface area contributed by atoms with Crippen molar-refractivity contribution in [3.63, 3.8) is 0 Å². The molecular weight excluding hydrogens is 302 g/mol. The molecule has 0 atom stereocenters. The smallest absolute Gasteiger partial charge is 0.299 e. The van der Waals surface area contributed by atoms with Gasteiger partial charge < -0.3 is 14.7 Å². The summed E-state index contributed by atoms with van der Waals surface area (Å²) >= 11 is 0. The van der Waals surface area contributed by atoms with E-state index in [1.807, 2.05) is 36.4 Å². The van der Waals surface area contributed by atoms with E-state index in [4.69, 9.17) is 4.42 Å². The Kier molecular flexibility index (Phi) is 2.69. The number of nitrogens with one attached hydrogen (secondary N) is 3. The number of oxazole rings is 1. The molecule has 0 amide bonds. The first-order valence-electron chi connectivity index (χ1n) is 7.59. The summed E-state index contributed by atoms with van der Waals surface area (Å²) in [5.41, 5.74) is 3.87. The zero-order chi connectivity index (χ0) is 15.9. The molecule has 0 saturated heterocycles. The molecule has 0 aliphatic carbocycles. The molecule has 24 heavy (non-hydrogen) atoms. The largest absolute Gasteiger partial charge is 0.422 e. The minimum Gasteiger partial charge on any atom is -0.422 e. The first-order chi connectivity index (χ1) is 11.8. The average Bonchev–Trinajstić information content (AvgIpc) is 3.33. The van der Waals surface area contributed by atoms with Crippen LogP contribution in [0.3, 0.4) is 0 Å². The van der Waals surface area contributed by atoms with Crippen molar-refractivity contribution >= 4 is 33.5 Å². The Bertz CT molecular complexity index is 1120. The number of hydrogen-bond acceptors (Lipinski definition) is 4. The van der Waals surface area contributed by atoms with Crippen LogP contribution < -0.4 is 5.32 Å². The lowest BCUT2D eigenvalue weighted by atomic mass is 10.2. The molecule has 6 nitrogen and oxygen atoms in total. The van der Waals surface area contributed by atoms with Crippen molar-refractivity contribution in [2.45, 2.75) is 0 Å². The zero-order valence-corrected chi connectivity index (χ0v) is 12.6. The van der Waals surface area contributed by atoms with Gasteiger partial charge in [-0.1, -0.05) is 18.2 Å². The SMILES string of the molecule is c1ccc2[nH]c(-c3cnc(Nc4ccc5[nH]ncc5c4)o3)cc2c1. The third-order valence-electron chi connectivity index (χ3n) is 3.99. The molecule has 0 spiro atoms. The summed E-state index contributed by atoms with van der Waals surface area (Å²) in [4.78, 5) is 7.64. The van der Waals surface area contributed by atoms with Gasteiger partial charge in [-0.2, -0.15) is 5.10 Å². The Morgan fingerprint density at radius 1 is 0.917 bits per heavy atom. The van der Waals surface area contributed by atoms with Gasteiger partial charge in [0, 0.05) is 22.0 Å². The van der Waals surface area contributed by atoms with Crippen LogP contribution >= 0.6 is 0 Å². The van der Waals surface area contributed by atoms with E-state index in [0.717, 1.165) is 33.2 Å². The summed E-state index contributed by atoms with van der Waals surface area (Å²) in [5, 5.41) is 12.3. The number of benzene rings is 2. The molecule has 3 heterocycles. The van der Waals surface area contributed by atoms with E-state index >= 15 is 0 Å². The number of H-pyrrole nitrogens is 2. The number of nitrogens with zero attached hydrogens (tertiary/aromatic N) is 2. The Hall–Kier alpha value is -3.54. The van der Waals surface area contributed by atoms with Crippen LogP contribution in [0.25, 0.3) is 33.3 Å². The number of hydrogen-bond donors (Lipinski definition) is 3. The first-order valence-corrected chi connectivity index (χ1v) is 7.59. The number of anilines is 2. The summed E-state index contributed by atoms with van der Waals surface area (Å²) in [6.45, 7) is 0. The van der Waals surface area contributed by atoms with Crippen molar-refractivity contribution in [2.24, 2.45) is 0 Å². The van der Waals surface area contributed by atoms with Crippen LogP contribution in [-0.4, -0.2) is 20.2 Å². The summed E-state index contributed by atoms with van der Waals surface area (Å²) < 4.78 is 5.82. The van der Waals surface area contributed by atoms with Gasteiger partial charge in [-0.25, -0.2) is 4.98 Å². The first kappa shape index (κ1) is 13.0. The van der Waals surface area contributed by atoms with E-state index in [-0.39, 0.29) is 0 Å². The van der Waals surface area contributed by atoms with Crippen LogP contribution in [0, 0.1) is 0 Å². The van der Waals surface area contributed by atoms with E-state index < -0.39 is 0 Å². The lowest BCUT2D eigenvalue weighted by Crippen LogP contribution is -1.89. The summed E-state index contributed by atoms with van der Waals surface area (Å²) in [5.74, 6) is 0.693. The van der Waals surface area contributed by atoms with Crippen molar-refractivity contribution in [3.8, 4) is 11.5 Å². The minimum absolute atomic E-state index is 0.450. The van der Waals surface area contributed by atoms with Crippen molar-refractivity contribution in [1.29, 1.82) is 0 Å². The molecule has 0 aliphatic rings.